The van der Waals surface area contributed by atoms with Crippen LogP contribution in [0, 0.1) is 11.7 Å². The summed E-state index contributed by atoms with van der Waals surface area (Å²) in [5.74, 6) is 0.824. The number of halogens is 1. The minimum Gasteiger partial charge on any atom is -0.361 e. The van der Waals surface area contributed by atoms with Gasteiger partial charge in [-0.3, -0.25) is 4.79 Å². The van der Waals surface area contributed by atoms with Crippen LogP contribution in [0.15, 0.2) is 48.7 Å². The maximum Gasteiger partial charge on any atom is 0.223 e. The summed E-state index contributed by atoms with van der Waals surface area (Å²) in [6.07, 6.45) is 9.91. The SMILES string of the molecule is CC(CC(=O)N1CCCC2CCCCC21)c1c[nH]c2cccc(-c3ccccc3F)c12. The summed E-state index contributed by atoms with van der Waals surface area (Å²) in [4.78, 5) is 18.9. The van der Waals surface area contributed by atoms with Gasteiger partial charge in [-0.25, -0.2) is 4.39 Å². The molecule has 3 aromatic rings. The van der Waals surface area contributed by atoms with Crippen LogP contribution in [0.1, 0.15) is 63.4 Å². The average molecular weight is 419 g/mol. The molecule has 1 aliphatic carbocycles. The normalized spacial score (nSPS) is 22.3. The standard InChI is InChI=1S/C27H31FN2O/c1-18(16-26(31)30-15-7-9-19-8-2-5-14-25(19)30)22-17-29-24-13-6-11-21(27(22)24)20-10-3-4-12-23(20)28/h3-4,6,10-13,17-19,25,29H,2,5,7-9,14-16H2,1H3. The number of rotatable bonds is 4. The summed E-state index contributed by atoms with van der Waals surface area (Å²) < 4.78 is 14.6. The first-order valence-corrected chi connectivity index (χ1v) is 11.8. The third-order valence-corrected chi connectivity index (χ3v) is 7.48. The molecule has 2 fully saturated rings. The van der Waals surface area contributed by atoms with E-state index < -0.39 is 0 Å². The van der Waals surface area contributed by atoms with Gasteiger partial charge in [-0.2, -0.15) is 0 Å². The zero-order valence-electron chi connectivity index (χ0n) is 18.2. The van der Waals surface area contributed by atoms with Crippen LogP contribution in [0.5, 0.6) is 0 Å². The molecule has 0 radical (unpaired) electrons. The van der Waals surface area contributed by atoms with Crippen molar-refractivity contribution >= 4 is 16.8 Å². The molecule has 1 saturated carbocycles. The number of benzene rings is 2. The highest BCUT2D eigenvalue weighted by Gasteiger charge is 2.36. The van der Waals surface area contributed by atoms with Gasteiger partial charge in [-0.15, -0.1) is 0 Å². The fraction of sp³-hybridized carbons (Fsp3) is 0.444. The lowest BCUT2D eigenvalue weighted by Crippen LogP contribution is -2.49. The summed E-state index contributed by atoms with van der Waals surface area (Å²) >= 11 is 0. The number of fused-ring (bicyclic) bond motifs is 2. The number of carbonyl (C=O) groups is 1. The number of aromatic amines is 1. The van der Waals surface area contributed by atoms with Crippen molar-refractivity contribution in [1.29, 1.82) is 0 Å². The summed E-state index contributed by atoms with van der Waals surface area (Å²) in [5.41, 5.74) is 3.57. The van der Waals surface area contributed by atoms with Crippen molar-refractivity contribution in [1.82, 2.24) is 9.88 Å². The van der Waals surface area contributed by atoms with Crippen molar-refractivity contribution < 1.29 is 9.18 Å². The van der Waals surface area contributed by atoms with Gasteiger partial charge in [0.25, 0.3) is 0 Å². The van der Waals surface area contributed by atoms with E-state index in [1.54, 1.807) is 6.07 Å². The van der Waals surface area contributed by atoms with Crippen LogP contribution in [0.2, 0.25) is 0 Å². The van der Waals surface area contributed by atoms with Crippen molar-refractivity contribution in [2.45, 2.75) is 63.8 Å². The van der Waals surface area contributed by atoms with Gasteiger partial charge in [-0.05, 0) is 60.8 Å². The summed E-state index contributed by atoms with van der Waals surface area (Å²) in [5, 5.41) is 1.03. The lowest BCUT2D eigenvalue weighted by Gasteiger charge is -2.44. The molecule has 5 rings (SSSR count). The van der Waals surface area contributed by atoms with E-state index in [-0.39, 0.29) is 17.6 Å². The van der Waals surface area contributed by atoms with Crippen molar-refractivity contribution in [3.63, 3.8) is 0 Å². The van der Waals surface area contributed by atoms with E-state index in [0.717, 1.165) is 41.4 Å². The second-order valence-electron chi connectivity index (χ2n) is 9.40. The number of piperidine rings is 1. The molecule has 2 aliphatic rings. The average Bonchev–Trinajstić information content (AvgIpc) is 3.24. The number of hydrogen-bond acceptors (Lipinski definition) is 1. The highest BCUT2D eigenvalue weighted by Crippen LogP contribution is 2.39. The second kappa shape index (κ2) is 8.49. The first-order valence-electron chi connectivity index (χ1n) is 11.8. The quantitative estimate of drug-likeness (QED) is 0.506. The molecule has 2 heterocycles. The Hall–Kier alpha value is -2.62. The Balaban J connectivity index is 1.43. The number of amides is 1. The first-order chi connectivity index (χ1) is 15.1. The number of likely N-dealkylation sites (tertiary alicyclic amines) is 1. The summed E-state index contributed by atoms with van der Waals surface area (Å²) in [6.45, 7) is 3.03. The molecule has 162 valence electrons. The van der Waals surface area contributed by atoms with Crippen LogP contribution in [-0.2, 0) is 4.79 Å². The van der Waals surface area contributed by atoms with E-state index in [1.165, 1.54) is 31.7 Å². The smallest absolute Gasteiger partial charge is 0.223 e. The minimum atomic E-state index is -0.220. The van der Waals surface area contributed by atoms with E-state index in [4.69, 9.17) is 0 Å². The number of hydrogen-bond donors (Lipinski definition) is 1. The number of aromatic nitrogens is 1. The molecule has 1 N–H and O–H groups in total. The highest BCUT2D eigenvalue weighted by molar-refractivity contribution is 5.98. The van der Waals surface area contributed by atoms with E-state index in [1.807, 2.05) is 36.5 Å². The maximum absolute atomic E-state index is 14.6. The molecule has 3 unspecified atom stereocenters. The van der Waals surface area contributed by atoms with Gasteiger partial charge in [0, 0.05) is 41.7 Å². The van der Waals surface area contributed by atoms with Crippen LogP contribution >= 0.6 is 0 Å². The molecule has 1 aliphatic heterocycles. The van der Waals surface area contributed by atoms with Gasteiger partial charge < -0.3 is 9.88 Å². The number of nitrogens with zero attached hydrogens (tertiary/aromatic N) is 1. The predicted octanol–water partition coefficient (Wildman–Crippen LogP) is 6.65. The molecule has 1 amide bonds. The topological polar surface area (TPSA) is 36.1 Å². The van der Waals surface area contributed by atoms with E-state index in [9.17, 15) is 9.18 Å². The number of carbonyl (C=O) groups excluding carboxylic acids is 1. The van der Waals surface area contributed by atoms with Gasteiger partial charge in [0.2, 0.25) is 5.91 Å². The van der Waals surface area contributed by atoms with Crippen LogP contribution in [0.4, 0.5) is 4.39 Å². The fourth-order valence-electron chi connectivity index (χ4n) is 5.93. The summed E-state index contributed by atoms with van der Waals surface area (Å²) in [7, 11) is 0. The Morgan fingerprint density at radius 2 is 1.84 bits per heavy atom. The Morgan fingerprint density at radius 3 is 2.71 bits per heavy atom. The zero-order valence-corrected chi connectivity index (χ0v) is 18.2. The molecule has 0 bridgehead atoms. The van der Waals surface area contributed by atoms with Gasteiger partial charge >= 0.3 is 0 Å². The molecule has 0 spiro atoms. The summed E-state index contributed by atoms with van der Waals surface area (Å²) in [6, 6.07) is 13.3. The van der Waals surface area contributed by atoms with Crippen LogP contribution in [0.3, 0.4) is 0 Å². The molecule has 1 saturated heterocycles. The Morgan fingerprint density at radius 1 is 1.06 bits per heavy atom. The molecule has 2 aromatic carbocycles. The zero-order chi connectivity index (χ0) is 21.4. The molecule has 4 heteroatoms. The van der Waals surface area contributed by atoms with Crippen molar-refractivity contribution in [2.24, 2.45) is 5.92 Å². The Kier molecular flexibility index (Phi) is 5.56. The minimum absolute atomic E-state index is 0.0677. The maximum atomic E-state index is 14.6. The second-order valence-corrected chi connectivity index (χ2v) is 9.40. The molecule has 1 aromatic heterocycles. The highest BCUT2D eigenvalue weighted by atomic mass is 19.1. The fourth-order valence-corrected chi connectivity index (χ4v) is 5.93. The molecule has 3 atom stereocenters. The van der Waals surface area contributed by atoms with Crippen LogP contribution in [-0.4, -0.2) is 28.4 Å². The Labute approximate surface area is 183 Å². The monoisotopic (exact) mass is 418 g/mol. The predicted molar refractivity (Wildman–Crippen MR) is 123 cm³/mol. The van der Waals surface area contributed by atoms with Crippen molar-refractivity contribution in [2.75, 3.05) is 6.54 Å². The number of nitrogens with one attached hydrogen (secondary N) is 1. The molecule has 3 nitrogen and oxygen atoms in total. The van der Waals surface area contributed by atoms with E-state index in [0.29, 0.717) is 23.9 Å². The van der Waals surface area contributed by atoms with Gasteiger partial charge in [-0.1, -0.05) is 50.1 Å². The Bertz CT molecular complexity index is 1090. The van der Waals surface area contributed by atoms with E-state index >= 15 is 0 Å². The van der Waals surface area contributed by atoms with Gasteiger partial charge in [0.05, 0.1) is 0 Å². The first kappa shape index (κ1) is 20.3. The lowest BCUT2D eigenvalue weighted by atomic mass is 9.78. The van der Waals surface area contributed by atoms with Gasteiger partial charge in [0.15, 0.2) is 0 Å². The number of H-pyrrole nitrogens is 1. The van der Waals surface area contributed by atoms with Crippen LogP contribution < -0.4 is 0 Å². The third kappa shape index (κ3) is 3.77. The molecule has 31 heavy (non-hydrogen) atoms. The van der Waals surface area contributed by atoms with E-state index in [2.05, 4.69) is 16.8 Å². The van der Waals surface area contributed by atoms with Crippen LogP contribution in [0.25, 0.3) is 22.0 Å². The molecular weight excluding hydrogens is 387 g/mol. The van der Waals surface area contributed by atoms with Crippen molar-refractivity contribution in [3.8, 4) is 11.1 Å². The van der Waals surface area contributed by atoms with Crippen molar-refractivity contribution in [3.05, 3.63) is 60.0 Å². The van der Waals surface area contributed by atoms with Gasteiger partial charge in [0.1, 0.15) is 5.82 Å². The third-order valence-electron chi connectivity index (χ3n) is 7.48. The molecular formula is C27H31FN2O. The lowest BCUT2D eigenvalue weighted by molar-refractivity contribution is -0.137. The largest absolute Gasteiger partial charge is 0.361 e.